The van der Waals surface area contributed by atoms with Gasteiger partial charge < -0.3 is 4.74 Å². The SMILES string of the molecule is COC[C@@H]1CCCN1N1C(=O)c2ccccc2C[C@H]1c1ccccc1. The van der Waals surface area contributed by atoms with Crippen molar-refractivity contribution in [2.45, 2.75) is 31.3 Å². The van der Waals surface area contributed by atoms with Gasteiger partial charge in [-0.3, -0.25) is 9.80 Å². The van der Waals surface area contributed by atoms with E-state index in [1.165, 1.54) is 5.56 Å². The van der Waals surface area contributed by atoms with Crippen LogP contribution >= 0.6 is 0 Å². The van der Waals surface area contributed by atoms with E-state index in [2.05, 4.69) is 35.3 Å². The molecule has 2 aromatic rings. The molecule has 0 radical (unpaired) electrons. The van der Waals surface area contributed by atoms with Crippen LogP contribution in [-0.2, 0) is 11.2 Å². The predicted octanol–water partition coefficient (Wildman–Crippen LogP) is 3.45. The summed E-state index contributed by atoms with van der Waals surface area (Å²) in [5.74, 6) is 0.110. The van der Waals surface area contributed by atoms with Crippen molar-refractivity contribution in [1.82, 2.24) is 10.0 Å². The van der Waals surface area contributed by atoms with E-state index in [9.17, 15) is 4.79 Å². The highest BCUT2D eigenvalue weighted by Gasteiger charge is 2.41. The molecule has 0 unspecified atom stereocenters. The van der Waals surface area contributed by atoms with Crippen LogP contribution in [-0.4, -0.2) is 42.2 Å². The number of carbonyl (C=O) groups is 1. The van der Waals surface area contributed by atoms with Crippen LogP contribution in [0.25, 0.3) is 0 Å². The van der Waals surface area contributed by atoms with Crippen LogP contribution in [0.3, 0.4) is 0 Å². The van der Waals surface area contributed by atoms with Crippen LogP contribution < -0.4 is 0 Å². The van der Waals surface area contributed by atoms with Crippen LogP contribution in [0.1, 0.15) is 40.4 Å². The third-order valence-corrected chi connectivity index (χ3v) is 5.33. The normalized spacial score (nSPS) is 23.7. The number of hydrogen-bond donors (Lipinski definition) is 0. The zero-order valence-electron chi connectivity index (χ0n) is 14.6. The third kappa shape index (κ3) is 2.96. The number of hydrogen-bond acceptors (Lipinski definition) is 3. The van der Waals surface area contributed by atoms with E-state index in [1.807, 2.05) is 29.3 Å². The predicted molar refractivity (Wildman–Crippen MR) is 97.1 cm³/mol. The van der Waals surface area contributed by atoms with Crippen molar-refractivity contribution in [3.63, 3.8) is 0 Å². The summed E-state index contributed by atoms with van der Waals surface area (Å²) in [6.07, 6.45) is 3.02. The van der Waals surface area contributed by atoms with E-state index in [-0.39, 0.29) is 18.0 Å². The Balaban J connectivity index is 1.76. The highest BCUT2D eigenvalue weighted by Crippen LogP contribution is 2.37. The molecule has 130 valence electrons. The summed E-state index contributed by atoms with van der Waals surface area (Å²) in [6.45, 7) is 1.57. The van der Waals surface area contributed by atoms with Gasteiger partial charge in [-0.15, -0.1) is 0 Å². The van der Waals surface area contributed by atoms with E-state index in [0.717, 1.165) is 36.9 Å². The topological polar surface area (TPSA) is 32.8 Å². The fourth-order valence-corrected chi connectivity index (χ4v) is 4.16. The highest BCUT2D eigenvalue weighted by molar-refractivity contribution is 5.96. The first-order valence-corrected chi connectivity index (χ1v) is 9.01. The number of rotatable bonds is 4. The van der Waals surface area contributed by atoms with Gasteiger partial charge in [0.1, 0.15) is 0 Å². The Morgan fingerprint density at radius 1 is 1.08 bits per heavy atom. The van der Waals surface area contributed by atoms with Crippen molar-refractivity contribution in [3.05, 3.63) is 71.3 Å². The quantitative estimate of drug-likeness (QED) is 0.857. The molecule has 1 amide bonds. The van der Waals surface area contributed by atoms with E-state index in [1.54, 1.807) is 7.11 Å². The van der Waals surface area contributed by atoms with Gasteiger partial charge in [-0.1, -0.05) is 48.5 Å². The van der Waals surface area contributed by atoms with Crippen molar-refractivity contribution in [1.29, 1.82) is 0 Å². The number of ether oxygens (including phenoxy) is 1. The van der Waals surface area contributed by atoms with E-state index in [0.29, 0.717) is 6.61 Å². The maximum Gasteiger partial charge on any atom is 0.269 e. The van der Waals surface area contributed by atoms with Gasteiger partial charge in [0, 0.05) is 19.2 Å². The molecule has 2 aromatic carbocycles. The molecule has 2 heterocycles. The lowest BCUT2D eigenvalue weighted by Crippen LogP contribution is -2.54. The van der Waals surface area contributed by atoms with Crippen molar-refractivity contribution in [2.75, 3.05) is 20.3 Å². The van der Waals surface area contributed by atoms with Crippen molar-refractivity contribution < 1.29 is 9.53 Å². The van der Waals surface area contributed by atoms with Crippen molar-refractivity contribution in [3.8, 4) is 0 Å². The van der Waals surface area contributed by atoms with Crippen LogP contribution in [0.15, 0.2) is 54.6 Å². The number of nitrogens with zero attached hydrogens (tertiary/aromatic N) is 2. The van der Waals surface area contributed by atoms with Gasteiger partial charge >= 0.3 is 0 Å². The minimum Gasteiger partial charge on any atom is -0.383 e. The lowest BCUT2D eigenvalue weighted by atomic mass is 9.90. The summed E-state index contributed by atoms with van der Waals surface area (Å²) in [5.41, 5.74) is 3.16. The summed E-state index contributed by atoms with van der Waals surface area (Å²) >= 11 is 0. The van der Waals surface area contributed by atoms with Crippen LogP contribution in [0, 0.1) is 0 Å². The molecule has 25 heavy (non-hydrogen) atoms. The fourth-order valence-electron chi connectivity index (χ4n) is 4.16. The zero-order valence-corrected chi connectivity index (χ0v) is 14.6. The number of benzene rings is 2. The zero-order chi connectivity index (χ0) is 17.2. The summed E-state index contributed by atoms with van der Waals surface area (Å²) in [5, 5.41) is 4.26. The Bertz CT molecular complexity index is 747. The standard InChI is InChI=1S/C21H24N2O2/c1-25-15-18-11-7-13-22(18)23-20(16-8-3-2-4-9-16)14-17-10-5-6-12-19(17)21(23)24/h2-6,8-10,12,18,20H,7,11,13-15H2,1H3/t18-,20-/m0/s1. The molecule has 0 N–H and O–H groups in total. The van der Waals surface area contributed by atoms with E-state index >= 15 is 0 Å². The van der Waals surface area contributed by atoms with E-state index in [4.69, 9.17) is 4.74 Å². The average molecular weight is 336 g/mol. The monoisotopic (exact) mass is 336 g/mol. The number of fused-ring (bicyclic) bond motifs is 1. The molecule has 0 aliphatic carbocycles. The largest absolute Gasteiger partial charge is 0.383 e. The molecule has 1 fully saturated rings. The van der Waals surface area contributed by atoms with Gasteiger partial charge in [-0.2, -0.15) is 0 Å². The van der Waals surface area contributed by atoms with Crippen LogP contribution in [0.4, 0.5) is 0 Å². The minimum atomic E-state index is 0.0426. The third-order valence-electron chi connectivity index (χ3n) is 5.33. The molecule has 4 rings (SSSR count). The molecule has 2 aliphatic rings. The van der Waals surface area contributed by atoms with Crippen LogP contribution in [0.2, 0.25) is 0 Å². The average Bonchev–Trinajstić information content (AvgIpc) is 3.10. The first-order valence-electron chi connectivity index (χ1n) is 9.01. The first-order chi connectivity index (χ1) is 12.3. The summed E-state index contributed by atoms with van der Waals surface area (Å²) in [7, 11) is 1.73. The first kappa shape index (κ1) is 16.3. The number of hydrazine groups is 1. The van der Waals surface area contributed by atoms with Crippen molar-refractivity contribution in [2.24, 2.45) is 0 Å². The summed E-state index contributed by atoms with van der Waals surface area (Å²) in [4.78, 5) is 13.4. The molecule has 0 bridgehead atoms. The lowest BCUT2D eigenvalue weighted by molar-refractivity contribution is -0.0639. The molecule has 2 aliphatic heterocycles. The Morgan fingerprint density at radius 2 is 1.84 bits per heavy atom. The smallest absolute Gasteiger partial charge is 0.269 e. The Labute approximate surface area is 149 Å². The number of amides is 1. The Kier molecular flexibility index (Phi) is 4.55. The molecule has 0 saturated carbocycles. The Morgan fingerprint density at radius 3 is 2.64 bits per heavy atom. The number of carbonyl (C=O) groups excluding carboxylic acids is 1. The minimum absolute atomic E-state index is 0.0426. The lowest BCUT2D eigenvalue weighted by Gasteiger charge is -2.44. The molecular weight excluding hydrogens is 312 g/mol. The maximum atomic E-state index is 13.4. The number of methoxy groups -OCH3 is 1. The van der Waals surface area contributed by atoms with Gasteiger partial charge in [0.2, 0.25) is 0 Å². The van der Waals surface area contributed by atoms with Gasteiger partial charge in [-0.05, 0) is 36.5 Å². The summed E-state index contributed by atoms with van der Waals surface area (Å²) < 4.78 is 5.41. The Hall–Kier alpha value is -2.17. The second kappa shape index (κ2) is 6.98. The molecule has 4 heteroatoms. The van der Waals surface area contributed by atoms with Gasteiger partial charge in [-0.25, -0.2) is 5.01 Å². The second-order valence-corrected chi connectivity index (χ2v) is 6.85. The molecule has 0 aromatic heterocycles. The fraction of sp³-hybridized carbons (Fsp3) is 0.381. The van der Waals surface area contributed by atoms with Gasteiger partial charge in [0.05, 0.1) is 18.7 Å². The van der Waals surface area contributed by atoms with Gasteiger partial charge in [0.15, 0.2) is 0 Å². The molecule has 4 nitrogen and oxygen atoms in total. The molecular formula is C21H24N2O2. The van der Waals surface area contributed by atoms with E-state index < -0.39 is 0 Å². The summed E-state index contributed by atoms with van der Waals surface area (Å²) in [6, 6.07) is 18.7. The van der Waals surface area contributed by atoms with Gasteiger partial charge in [0.25, 0.3) is 5.91 Å². The molecule has 1 saturated heterocycles. The molecule has 0 spiro atoms. The van der Waals surface area contributed by atoms with Crippen molar-refractivity contribution >= 4 is 5.91 Å². The highest BCUT2D eigenvalue weighted by atomic mass is 16.5. The van der Waals surface area contributed by atoms with Crippen LogP contribution in [0.5, 0.6) is 0 Å². The molecule has 2 atom stereocenters. The maximum absolute atomic E-state index is 13.4. The second-order valence-electron chi connectivity index (χ2n) is 6.85.